The van der Waals surface area contributed by atoms with E-state index in [9.17, 15) is 31.5 Å². The van der Waals surface area contributed by atoms with E-state index in [1.54, 1.807) is 30.3 Å². The third-order valence-corrected chi connectivity index (χ3v) is 6.53. The average Bonchev–Trinajstić information content (AvgIpc) is 3.27. The van der Waals surface area contributed by atoms with Gasteiger partial charge in [0.05, 0.1) is 24.8 Å². The predicted octanol–water partition coefficient (Wildman–Crippen LogP) is 5.22. The number of carbonyl (C=O) groups is 2. The van der Waals surface area contributed by atoms with Crippen LogP contribution >= 0.6 is 0 Å². The van der Waals surface area contributed by atoms with Gasteiger partial charge in [-0.2, -0.15) is 13.2 Å². The standard InChI is InChI=1S/C28H25F5N2O3/c1-38-24-15-19(9-10-23(24)30)27(16-18-6-3-2-4-7-18,34-25(36)17-35-11-5-8-26(35)37)20-12-21(28(31,32)33)14-22(29)13-20/h2-4,6-7,9-10,12-15H,5,8,11,16-17H2,1H3,(H,34,36)/t27-/m1/s1. The van der Waals surface area contributed by atoms with Gasteiger partial charge in [0.15, 0.2) is 11.6 Å². The molecule has 2 amide bonds. The van der Waals surface area contributed by atoms with Crippen LogP contribution < -0.4 is 10.1 Å². The van der Waals surface area contributed by atoms with Gasteiger partial charge in [0.2, 0.25) is 11.8 Å². The maximum atomic E-state index is 14.7. The Morgan fingerprint density at radius 1 is 0.974 bits per heavy atom. The topological polar surface area (TPSA) is 58.6 Å². The Balaban J connectivity index is 1.94. The molecule has 1 aliphatic rings. The van der Waals surface area contributed by atoms with Crippen LogP contribution in [0.3, 0.4) is 0 Å². The molecule has 200 valence electrons. The van der Waals surface area contributed by atoms with Gasteiger partial charge in [0.25, 0.3) is 0 Å². The first-order valence-electron chi connectivity index (χ1n) is 11.9. The second-order valence-electron chi connectivity index (χ2n) is 9.11. The fourth-order valence-corrected chi connectivity index (χ4v) is 4.71. The van der Waals surface area contributed by atoms with Gasteiger partial charge in [-0.25, -0.2) is 8.78 Å². The Morgan fingerprint density at radius 3 is 2.32 bits per heavy atom. The van der Waals surface area contributed by atoms with E-state index in [1.165, 1.54) is 24.1 Å². The van der Waals surface area contributed by atoms with Gasteiger partial charge in [-0.3, -0.25) is 9.59 Å². The van der Waals surface area contributed by atoms with Crippen molar-refractivity contribution in [2.24, 2.45) is 0 Å². The predicted molar refractivity (Wildman–Crippen MR) is 129 cm³/mol. The van der Waals surface area contributed by atoms with Crippen LogP contribution in [0.4, 0.5) is 22.0 Å². The number of hydrogen-bond acceptors (Lipinski definition) is 3. The highest BCUT2D eigenvalue weighted by Gasteiger charge is 2.41. The molecule has 1 aliphatic heterocycles. The Kier molecular flexibility index (Phi) is 7.71. The lowest BCUT2D eigenvalue weighted by atomic mass is 9.77. The smallest absolute Gasteiger partial charge is 0.416 e. The van der Waals surface area contributed by atoms with Crippen molar-refractivity contribution in [2.45, 2.75) is 31.0 Å². The fourth-order valence-electron chi connectivity index (χ4n) is 4.71. The average molecular weight is 533 g/mol. The fraction of sp³-hybridized carbons (Fsp3) is 0.286. The minimum absolute atomic E-state index is 0.108. The number of carbonyl (C=O) groups excluding carboxylic acids is 2. The Labute approximate surface area is 216 Å². The number of hydrogen-bond donors (Lipinski definition) is 1. The molecular formula is C28H25F5N2O3. The first-order chi connectivity index (χ1) is 18.0. The molecule has 38 heavy (non-hydrogen) atoms. The van der Waals surface area contributed by atoms with Gasteiger partial charge in [0.1, 0.15) is 5.82 Å². The van der Waals surface area contributed by atoms with Crippen LogP contribution in [0.1, 0.15) is 35.1 Å². The van der Waals surface area contributed by atoms with Gasteiger partial charge in [-0.1, -0.05) is 36.4 Å². The highest BCUT2D eigenvalue weighted by Crippen LogP contribution is 2.39. The van der Waals surface area contributed by atoms with Crippen molar-refractivity contribution in [3.63, 3.8) is 0 Å². The van der Waals surface area contributed by atoms with Crippen molar-refractivity contribution in [1.29, 1.82) is 0 Å². The molecule has 1 atom stereocenters. The van der Waals surface area contributed by atoms with Crippen LogP contribution in [0.15, 0.2) is 66.7 Å². The molecule has 4 rings (SSSR count). The molecule has 0 bridgehead atoms. The first-order valence-corrected chi connectivity index (χ1v) is 11.9. The number of nitrogens with one attached hydrogen (secondary N) is 1. The highest BCUT2D eigenvalue weighted by molar-refractivity contribution is 5.86. The van der Waals surface area contributed by atoms with Crippen LogP contribution in [-0.4, -0.2) is 36.9 Å². The number of likely N-dealkylation sites (tertiary alicyclic amines) is 1. The molecule has 0 spiro atoms. The maximum absolute atomic E-state index is 14.7. The quantitative estimate of drug-likeness (QED) is 0.405. The van der Waals surface area contributed by atoms with Crippen LogP contribution in [0.2, 0.25) is 0 Å². The molecule has 1 heterocycles. The molecule has 1 saturated heterocycles. The Morgan fingerprint density at radius 2 is 1.68 bits per heavy atom. The summed E-state index contributed by atoms with van der Waals surface area (Å²) in [6, 6.07) is 14.3. The molecule has 10 heteroatoms. The number of alkyl halides is 3. The van der Waals surface area contributed by atoms with Crippen LogP contribution in [0.25, 0.3) is 0 Å². The van der Waals surface area contributed by atoms with E-state index in [0.717, 1.165) is 18.2 Å². The largest absolute Gasteiger partial charge is 0.494 e. The van der Waals surface area contributed by atoms with Gasteiger partial charge in [-0.15, -0.1) is 0 Å². The van der Waals surface area contributed by atoms with E-state index < -0.39 is 34.8 Å². The number of rotatable bonds is 8. The summed E-state index contributed by atoms with van der Waals surface area (Å²) in [6.07, 6.45) is -4.11. The van der Waals surface area contributed by atoms with Crippen LogP contribution in [0, 0.1) is 11.6 Å². The summed E-state index contributed by atoms with van der Waals surface area (Å²) in [4.78, 5) is 26.8. The zero-order valence-electron chi connectivity index (χ0n) is 20.4. The summed E-state index contributed by atoms with van der Waals surface area (Å²) in [7, 11) is 1.22. The molecule has 0 saturated carbocycles. The summed E-state index contributed by atoms with van der Waals surface area (Å²) in [5.74, 6) is -2.99. The lowest BCUT2D eigenvalue weighted by Gasteiger charge is -2.37. The normalized spacial score (nSPS) is 15.3. The second kappa shape index (κ2) is 10.8. The molecule has 3 aromatic carbocycles. The van der Waals surface area contributed by atoms with E-state index in [0.29, 0.717) is 24.6 Å². The lowest BCUT2D eigenvalue weighted by Crippen LogP contribution is -2.51. The van der Waals surface area contributed by atoms with Crippen LogP contribution in [-0.2, 0) is 27.7 Å². The number of benzene rings is 3. The number of halogens is 5. The van der Waals surface area contributed by atoms with E-state index >= 15 is 0 Å². The molecule has 0 aromatic heterocycles. The van der Waals surface area contributed by atoms with Crippen molar-refractivity contribution in [3.8, 4) is 5.75 Å². The number of ether oxygens (including phenoxy) is 1. The minimum Gasteiger partial charge on any atom is -0.494 e. The monoisotopic (exact) mass is 532 g/mol. The summed E-state index contributed by atoms with van der Waals surface area (Å²) in [5, 5.41) is 2.79. The van der Waals surface area contributed by atoms with Gasteiger partial charge in [-0.05, 0) is 53.4 Å². The molecular weight excluding hydrogens is 507 g/mol. The zero-order valence-corrected chi connectivity index (χ0v) is 20.4. The summed E-state index contributed by atoms with van der Waals surface area (Å²) >= 11 is 0. The molecule has 1 N–H and O–H groups in total. The second-order valence-corrected chi connectivity index (χ2v) is 9.11. The Hall–Kier alpha value is -3.95. The zero-order chi connectivity index (χ0) is 27.5. The van der Waals surface area contributed by atoms with Gasteiger partial charge < -0.3 is 15.0 Å². The minimum atomic E-state index is -4.87. The number of methoxy groups -OCH3 is 1. The molecule has 0 unspecified atom stereocenters. The van der Waals surface area contributed by atoms with Crippen molar-refractivity contribution in [2.75, 3.05) is 20.2 Å². The SMILES string of the molecule is COc1cc([C@@](Cc2ccccc2)(NC(=O)CN2CCCC2=O)c2cc(F)cc(C(F)(F)F)c2)ccc1F. The van der Waals surface area contributed by atoms with E-state index in [4.69, 9.17) is 4.74 Å². The lowest BCUT2D eigenvalue weighted by molar-refractivity contribution is -0.138. The van der Waals surface area contributed by atoms with Crippen molar-refractivity contribution >= 4 is 11.8 Å². The Bertz CT molecular complexity index is 1330. The van der Waals surface area contributed by atoms with Gasteiger partial charge >= 0.3 is 6.18 Å². The number of nitrogens with zero attached hydrogens (tertiary/aromatic N) is 1. The van der Waals surface area contributed by atoms with E-state index in [2.05, 4.69) is 5.32 Å². The molecule has 3 aromatic rings. The molecule has 0 radical (unpaired) electrons. The number of amides is 2. The van der Waals surface area contributed by atoms with Crippen molar-refractivity contribution < 1.29 is 36.3 Å². The first kappa shape index (κ1) is 27.1. The summed E-state index contributed by atoms with van der Waals surface area (Å²) < 4.78 is 75.4. The van der Waals surface area contributed by atoms with Crippen molar-refractivity contribution in [3.05, 3.63) is 101 Å². The molecule has 0 aliphatic carbocycles. The third-order valence-electron chi connectivity index (χ3n) is 6.53. The maximum Gasteiger partial charge on any atom is 0.416 e. The van der Waals surface area contributed by atoms with E-state index in [-0.39, 0.29) is 42.2 Å². The van der Waals surface area contributed by atoms with E-state index in [1.807, 2.05) is 0 Å². The van der Waals surface area contributed by atoms with Crippen molar-refractivity contribution in [1.82, 2.24) is 10.2 Å². The molecule has 5 nitrogen and oxygen atoms in total. The summed E-state index contributed by atoms with van der Waals surface area (Å²) in [6.45, 7) is 0.0235. The van der Waals surface area contributed by atoms with Gasteiger partial charge in [0, 0.05) is 19.4 Å². The third kappa shape index (κ3) is 5.79. The summed E-state index contributed by atoms with van der Waals surface area (Å²) in [5.41, 5.74) is -2.47. The van der Waals surface area contributed by atoms with Crippen LogP contribution in [0.5, 0.6) is 5.75 Å². The molecule has 1 fully saturated rings. The highest BCUT2D eigenvalue weighted by atomic mass is 19.4.